The third kappa shape index (κ3) is 5.33. The number of benzene rings is 1. The average molecular weight is 438 g/mol. The van der Waals surface area contributed by atoms with E-state index in [-0.39, 0.29) is 24.0 Å². The summed E-state index contributed by atoms with van der Waals surface area (Å²) in [4.78, 5) is 21.7. The molecule has 0 saturated carbocycles. The number of amides is 1. The normalized spacial score (nSPS) is 17.8. The summed E-state index contributed by atoms with van der Waals surface area (Å²) in [6, 6.07) is 5.48. The van der Waals surface area contributed by atoms with Crippen LogP contribution in [0, 0.1) is 0 Å². The van der Waals surface area contributed by atoms with Crippen molar-refractivity contribution in [3.05, 3.63) is 71.8 Å². The van der Waals surface area contributed by atoms with Crippen molar-refractivity contribution in [2.24, 2.45) is 0 Å². The highest BCUT2D eigenvalue weighted by atomic mass is 35.5. The van der Waals surface area contributed by atoms with Crippen LogP contribution in [0.4, 0.5) is 13.2 Å². The van der Waals surface area contributed by atoms with Crippen molar-refractivity contribution in [2.45, 2.75) is 25.6 Å². The molecule has 0 aliphatic carbocycles. The van der Waals surface area contributed by atoms with Crippen LogP contribution in [0.5, 0.6) is 5.75 Å². The van der Waals surface area contributed by atoms with E-state index in [9.17, 15) is 18.0 Å². The number of carbonyl (C=O) groups is 1. The summed E-state index contributed by atoms with van der Waals surface area (Å²) in [6.45, 7) is 5.87. The molecule has 1 unspecified atom stereocenters. The highest BCUT2D eigenvalue weighted by Crippen LogP contribution is 2.31. The van der Waals surface area contributed by atoms with E-state index in [1.807, 2.05) is 13.0 Å². The second-order valence-corrected chi connectivity index (χ2v) is 7.14. The number of hydrogen-bond acceptors (Lipinski definition) is 3. The van der Waals surface area contributed by atoms with Gasteiger partial charge in [0.1, 0.15) is 11.6 Å². The van der Waals surface area contributed by atoms with Gasteiger partial charge in [0.2, 0.25) is 5.91 Å². The minimum absolute atomic E-state index is 0.0375. The zero-order valence-corrected chi connectivity index (χ0v) is 16.8. The van der Waals surface area contributed by atoms with E-state index < -0.39 is 6.36 Å². The second kappa shape index (κ2) is 8.79. The number of aromatic nitrogens is 2. The summed E-state index contributed by atoms with van der Waals surface area (Å²) in [5.41, 5.74) is 2.01. The van der Waals surface area contributed by atoms with Gasteiger partial charge in [-0.15, -0.1) is 13.2 Å². The van der Waals surface area contributed by atoms with Gasteiger partial charge in [-0.2, -0.15) is 0 Å². The van der Waals surface area contributed by atoms with Gasteiger partial charge < -0.3 is 14.6 Å². The fourth-order valence-corrected chi connectivity index (χ4v) is 3.25. The molecule has 5 nitrogen and oxygen atoms in total. The lowest BCUT2D eigenvalue weighted by Gasteiger charge is -2.17. The van der Waals surface area contributed by atoms with Crippen LogP contribution in [-0.4, -0.2) is 33.7 Å². The van der Waals surface area contributed by atoms with Gasteiger partial charge in [-0.1, -0.05) is 24.3 Å². The van der Waals surface area contributed by atoms with E-state index in [1.165, 1.54) is 24.3 Å². The molecule has 1 aromatic carbocycles. The monoisotopic (exact) mass is 437 g/mol. The molecular formula is C21H19ClF3N3O2. The summed E-state index contributed by atoms with van der Waals surface area (Å²) in [5.74, 6) is 0.165. The predicted molar refractivity (Wildman–Crippen MR) is 108 cm³/mol. The number of ether oxygens (including phenoxy) is 1. The van der Waals surface area contributed by atoms with Gasteiger partial charge in [0.15, 0.2) is 0 Å². The van der Waals surface area contributed by atoms with Crippen LogP contribution >= 0.6 is 11.6 Å². The zero-order valence-electron chi connectivity index (χ0n) is 16.0. The first kappa shape index (κ1) is 21.7. The quantitative estimate of drug-likeness (QED) is 0.607. The van der Waals surface area contributed by atoms with Crippen LogP contribution < -0.4 is 4.74 Å². The zero-order chi connectivity index (χ0) is 21.9. The lowest BCUT2D eigenvalue weighted by atomic mass is 10.1. The fraction of sp³-hybridized carbons (Fsp3) is 0.238. The number of alkyl halides is 3. The summed E-state index contributed by atoms with van der Waals surface area (Å²) >= 11 is 5.76. The van der Waals surface area contributed by atoms with Crippen LogP contribution in [0.15, 0.2) is 66.0 Å². The number of allylic oxidation sites excluding steroid dienone is 4. The average Bonchev–Trinajstić information content (AvgIpc) is 3.29. The van der Waals surface area contributed by atoms with E-state index in [2.05, 4.69) is 21.3 Å². The number of nitrogens with one attached hydrogen (secondary N) is 1. The first-order chi connectivity index (χ1) is 14.2. The molecule has 30 heavy (non-hydrogen) atoms. The Morgan fingerprint density at radius 3 is 2.63 bits per heavy atom. The number of aromatic amines is 1. The number of carbonyl (C=O) groups excluding carboxylic acids is 1. The van der Waals surface area contributed by atoms with Crippen LogP contribution in [0.2, 0.25) is 0 Å². The number of halogens is 4. The summed E-state index contributed by atoms with van der Waals surface area (Å²) < 4.78 is 40.7. The Kier molecular flexibility index (Phi) is 6.36. The van der Waals surface area contributed by atoms with Gasteiger partial charge >= 0.3 is 6.36 Å². The number of hydrogen-bond donors (Lipinski definition) is 1. The Labute approximate surface area is 176 Å². The minimum Gasteiger partial charge on any atom is -0.406 e. The minimum atomic E-state index is -4.73. The Bertz CT molecular complexity index is 994. The SMILES string of the molecule is C=C(Cl)/C=C\C(=C/C)N1CC(c2ncc(-c3ccc(OC(F)(F)F)cc3)[nH]2)CC1=O. The highest BCUT2D eigenvalue weighted by molar-refractivity contribution is 6.30. The van der Waals surface area contributed by atoms with E-state index >= 15 is 0 Å². The number of rotatable bonds is 6. The van der Waals surface area contributed by atoms with E-state index in [0.717, 1.165) is 5.70 Å². The largest absolute Gasteiger partial charge is 0.573 e. The van der Waals surface area contributed by atoms with Crippen molar-refractivity contribution in [1.29, 1.82) is 0 Å². The van der Waals surface area contributed by atoms with Gasteiger partial charge in [-0.25, -0.2) is 4.98 Å². The summed E-state index contributed by atoms with van der Waals surface area (Å²) in [7, 11) is 0. The third-order valence-electron chi connectivity index (χ3n) is 4.55. The molecule has 0 bridgehead atoms. The smallest absolute Gasteiger partial charge is 0.406 e. The van der Waals surface area contributed by atoms with Crippen molar-refractivity contribution < 1.29 is 22.7 Å². The first-order valence-electron chi connectivity index (χ1n) is 9.06. The molecule has 2 heterocycles. The van der Waals surface area contributed by atoms with E-state index in [1.54, 1.807) is 23.2 Å². The number of nitrogens with zero attached hydrogens (tertiary/aromatic N) is 2. The van der Waals surface area contributed by atoms with Crippen molar-refractivity contribution in [3.63, 3.8) is 0 Å². The Hall–Kier alpha value is -3.00. The molecule has 2 aromatic rings. The Morgan fingerprint density at radius 2 is 2.03 bits per heavy atom. The summed E-state index contributed by atoms with van der Waals surface area (Å²) in [6.07, 6.45) is 2.31. The predicted octanol–water partition coefficient (Wildman–Crippen LogP) is 5.50. The van der Waals surface area contributed by atoms with Gasteiger partial charge in [0, 0.05) is 29.6 Å². The Morgan fingerprint density at radius 1 is 1.33 bits per heavy atom. The van der Waals surface area contributed by atoms with Gasteiger partial charge in [0.25, 0.3) is 0 Å². The maximum Gasteiger partial charge on any atom is 0.573 e. The molecule has 1 aliphatic heterocycles. The summed E-state index contributed by atoms with van der Waals surface area (Å²) in [5, 5.41) is 0.361. The molecule has 3 rings (SSSR count). The molecule has 1 atom stereocenters. The molecule has 1 saturated heterocycles. The Balaban J connectivity index is 1.72. The molecule has 0 spiro atoms. The maximum absolute atomic E-state index is 12.5. The van der Waals surface area contributed by atoms with Gasteiger partial charge in [0.05, 0.1) is 11.9 Å². The lowest BCUT2D eigenvalue weighted by Crippen LogP contribution is -2.23. The number of likely N-dealkylation sites (tertiary alicyclic amines) is 1. The molecule has 1 N–H and O–H groups in total. The van der Waals surface area contributed by atoms with Crippen LogP contribution in [0.25, 0.3) is 11.3 Å². The van der Waals surface area contributed by atoms with Crippen molar-refractivity contribution >= 4 is 17.5 Å². The van der Waals surface area contributed by atoms with Crippen LogP contribution in [0.3, 0.4) is 0 Å². The molecular weight excluding hydrogens is 419 g/mol. The second-order valence-electron chi connectivity index (χ2n) is 6.65. The van der Waals surface area contributed by atoms with Gasteiger partial charge in [-0.05, 0) is 48.9 Å². The van der Waals surface area contributed by atoms with Crippen molar-refractivity contribution in [2.75, 3.05) is 6.54 Å². The molecule has 0 radical (unpaired) electrons. The number of H-pyrrole nitrogens is 1. The first-order valence-corrected chi connectivity index (χ1v) is 9.44. The van der Waals surface area contributed by atoms with Crippen LogP contribution in [-0.2, 0) is 4.79 Å². The van der Waals surface area contributed by atoms with Crippen molar-refractivity contribution in [3.8, 4) is 17.0 Å². The lowest BCUT2D eigenvalue weighted by molar-refractivity contribution is -0.274. The molecule has 1 aliphatic rings. The molecule has 1 aromatic heterocycles. The van der Waals surface area contributed by atoms with Crippen molar-refractivity contribution in [1.82, 2.24) is 14.9 Å². The maximum atomic E-state index is 12.5. The standard InChI is InChI=1S/C21H19ClF3N3O2/c1-3-16(7-4-13(2)22)28-12-15(10-19(28)29)20-26-11-18(27-20)14-5-8-17(9-6-14)30-21(23,24)25/h3-9,11,15H,2,10,12H2,1H3,(H,26,27)/b7-4-,16-3+. The topological polar surface area (TPSA) is 58.2 Å². The van der Waals surface area contributed by atoms with E-state index in [0.29, 0.717) is 28.7 Å². The number of imidazole rings is 1. The molecule has 9 heteroatoms. The van der Waals surface area contributed by atoms with Gasteiger partial charge in [-0.3, -0.25) is 4.79 Å². The molecule has 1 fully saturated rings. The fourth-order valence-electron chi connectivity index (χ4n) is 3.19. The third-order valence-corrected chi connectivity index (χ3v) is 4.67. The molecule has 158 valence electrons. The van der Waals surface area contributed by atoms with Crippen LogP contribution in [0.1, 0.15) is 25.1 Å². The highest BCUT2D eigenvalue weighted by Gasteiger charge is 2.34. The van der Waals surface area contributed by atoms with E-state index in [4.69, 9.17) is 11.6 Å². The molecule has 1 amide bonds.